The molecule has 0 saturated carbocycles. The Morgan fingerprint density at radius 3 is 2.53 bits per heavy atom. The van der Waals surface area contributed by atoms with Gasteiger partial charge in [-0.3, -0.25) is 4.79 Å². The molecule has 0 bridgehead atoms. The number of nitrogens with zero attached hydrogens (tertiary/aromatic N) is 1. The van der Waals surface area contributed by atoms with E-state index in [1.54, 1.807) is 6.07 Å². The molecule has 94 valence electrons. The summed E-state index contributed by atoms with van der Waals surface area (Å²) in [6.45, 7) is 0. The lowest BCUT2D eigenvalue weighted by atomic mass is 10.00. The highest BCUT2D eigenvalue weighted by Gasteiger charge is 2.17. The predicted molar refractivity (Wildman–Crippen MR) is 64.3 cm³/mol. The van der Waals surface area contributed by atoms with Crippen LogP contribution in [0.4, 0.5) is 4.39 Å². The SMILES string of the molecule is N#Cc1cc(C(=O)c2ccccc2F)cc(O)c1O. The molecular formula is C14H8FNO3. The van der Waals surface area contributed by atoms with Gasteiger partial charge in [0.2, 0.25) is 0 Å². The minimum atomic E-state index is -0.696. The normalized spacial score (nSPS) is 9.89. The number of aromatic hydroxyl groups is 2. The molecule has 0 atom stereocenters. The van der Waals surface area contributed by atoms with E-state index in [9.17, 15) is 19.4 Å². The maximum Gasteiger partial charge on any atom is 0.196 e. The Hall–Kier alpha value is -2.87. The van der Waals surface area contributed by atoms with Crippen LogP contribution in [-0.2, 0) is 0 Å². The number of ketones is 1. The third-order valence-corrected chi connectivity index (χ3v) is 2.59. The van der Waals surface area contributed by atoms with E-state index in [-0.39, 0.29) is 16.7 Å². The van der Waals surface area contributed by atoms with E-state index in [2.05, 4.69) is 0 Å². The Morgan fingerprint density at radius 1 is 1.21 bits per heavy atom. The molecule has 0 heterocycles. The van der Waals surface area contributed by atoms with Gasteiger partial charge in [-0.2, -0.15) is 5.26 Å². The van der Waals surface area contributed by atoms with Crippen LogP contribution < -0.4 is 0 Å². The van der Waals surface area contributed by atoms with Gasteiger partial charge < -0.3 is 10.2 Å². The van der Waals surface area contributed by atoms with Crippen molar-refractivity contribution in [1.82, 2.24) is 0 Å². The number of rotatable bonds is 2. The van der Waals surface area contributed by atoms with Gasteiger partial charge in [-0.25, -0.2) is 4.39 Å². The molecule has 2 aromatic carbocycles. The molecule has 0 amide bonds. The first kappa shape index (κ1) is 12.6. The predicted octanol–water partition coefficient (Wildman–Crippen LogP) is 2.34. The Kier molecular flexibility index (Phi) is 3.17. The minimum Gasteiger partial charge on any atom is -0.504 e. The van der Waals surface area contributed by atoms with E-state index >= 15 is 0 Å². The van der Waals surface area contributed by atoms with Crippen LogP contribution in [0.25, 0.3) is 0 Å². The van der Waals surface area contributed by atoms with Gasteiger partial charge in [0.15, 0.2) is 17.3 Å². The van der Waals surface area contributed by atoms with Crippen LogP contribution in [0.5, 0.6) is 11.5 Å². The summed E-state index contributed by atoms with van der Waals surface area (Å²) < 4.78 is 13.5. The number of phenolic OH excluding ortho intramolecular Hbond substituents is 2. The average molecular weight is 257 g/mol. The van der Waals surface area contributed by atoms with Crippen LogP contribution in [0.15, 0.2) is 36.4 Å². The third kappa shape index (κ3) is 2.24. The molecule has 0 aromatic heterocycles. The molecule has 2 aromatic rings. The van der Waals surface area contributed by atoms with Crippen LogP contribution in [-0.4, -0.2) is 16.0 Å². The number of benzene rings is 2. The van der Waals surface area contributed by atoms with Crippen LogP contribution >= 0.6 is 0 Å². The summed E-state index contributed by atoms with van der Waals surface area (Å²) >= 11 is 0. The molecule has 0 aliphatic rings. The van der Waals surface area contributed by atoms with Crippen LogP contribution in [0.1, 0.15) is 21.5 Å². The van der Waals surface area contributed by atoms with E-state index < -0.39 is 23.1 Å². The van der Waals surface area contributed by atoms with Crippen LogP contribution in [0.3, 0.4) is 0 Å². The summed E-state index contributed by atoms with van der Waals surface area (Å²) in [4.78, 5) is 12.1. The van der Waals surface area contributed by atoms with Gasteiger partial charge in [-0.15, -0.1) is 0 Å². The molecular weight excluding hydrogens is 249 g/mol. The Balaban J connectivity index is 2.55. The molecule has 0 unspecified atom stereocenters. The fourth-order valence-electron chi connectivity index (χ4n) is 1.64. The zero-order chi connectivity index (χ0) is 14.0. The fourth-order valence-corrected chi connectivity index (χ4v) is 1.64. The summed E-state index contributed by atoms with van der Waals surface area (Å²) in [7, 11) is 0. The van der Waals surface area contributed by atoms with E-state index in [1.807, 2.05) is 0 Å². The van der Waals surface area contributed by atoms with Gasteiger partial charge in [0.1, 0.15) is 11.9 Å². The average Bonchev–Trinajstić information content (AvgIpc) is 2.41. The Bertz CT molecular complexity index is 704. The van der Waals surface area contributed by atoms with E-state index in [1.165, 1.54) is 18.2 Å². The first-order valence-corrected chi connectivity index (χ1v) is 5.30. The number of carbonyl (C=O) groups is 1. The van der Waals surface area contributed by atoms with Crippen LogP contribution in [0, 0.1) is 17.1 Å². The minimum absolute atomic E-state index is 0.0723. The van der Waals surface area contributed by atoms with Crippen molar-refractivity contribution >= 4 is 5.78 Å². The highest BCUT2D eigenvalue weighted by atomic mass is 19.1. The van der Waals surface area contributed by atoms with Gasteiger partial charge in [-0.05, 0) is 24.3 Å². The summed E-state index contributed by atoms with van der Waals surface area (Å²) in [6.07, 6.45) is 0. The Morgan fingerprint density at radius 2 is 1.89 bits per heavy atom. The van der Waals surface area contributed by atoms with Gasteiger partial charge in [0, 0.05) is 5.56 Å². The molecule has 0 saturated heterocycles. The molecule has 5 heteroatoms. The summed E-state index contributed by atoms with van der Waals surface area (Å²) in [5, 5.41) is 27.6. The van der Waals surface area contributed by atoms with E-state index in [0.717, 1.165) is 18.2 Å². The van der Waals surface area contributed by atoms with Gasteiger partial charge in [0.25, 0.3) is 0 Å². The molecule has 0 radical (unpaired) electrons. The smallest absolute Gasteiger partial charge is 0.196 e. The summed E-state index contributed by atoms with van der Waals surface area (Å²) in [5.74, 6) is -2.57. The van der Waals surface area contributed by atoms with Crippen molar-refractivity contribution in [3.63, 3.8) is 0 Å². The maximum atomic E-state index is 13.5. The van der Waals surface area contributed by atoms with Crippen molar-refractivity contribution in [3.8, 4) is 17.6 Å². The van der Waals surface area contributed by atoms with E-state index in [4.69, 9.17) is 5.26 Å². The van der Waals surface area contributed by atoms with Gasteiger partial charge in [-0.1, -0.05) is 12.1 Å². The lowest BCUT2D eigenvalue weighted by Gasteiger charge is -2.05. The number of phenols is 2. The largest absolute Gasteiger partial charge is 0.504 e. The molecule has 2 rings (SSSR count). The van der Waals surface area contributed by atoms with Crippen molar-refractivity contribution < 1.29 is 19.4 Å². The van der Waals surface area contributed by atoms with Crippen molar-refractivity contribution in [2.24, 2.45) is 0 Å². The molecule has 19 heavy (non-hydrogen) atoms. The monoisotopic (exact) mass is 257 g/mol. The maximum absolute atomic E-state index is 13.5. The molecule has 0 aliphatic heterocycles. The number of hydrogen-bond acceptors (Lipinski definition) is 4. The quantitative estimate of drug-likeness (QED) is 0.639. The van der Waals surface area contributed by atoms with Crippen molar-refractivity contribution in [2.45, 2.75) is 0 Å². The van der Waals surface area contributed by atoms with E-state index in [0.29, 0.717) is 0 Å². The lowest BCUT2D eigenvalue weighted by molar-refractivity contribution is 0.103. The zero-order valence-electron chi connectivity index (χ0n) is 9.59. The highest BCUT2D eigenvalue weighted by molar-refractivity contribution is 6.09. The number of nitriles is 1. The number of halogens is 1. The second-order valence-corrected chi connectivity index (χ2v) is 3.81. The fraction of sp³-hybridized carbons (Fsp3) is 0. The third-order valence-electron chi connectivity index (χ3n) is 2.59. The molecule has 4 nitrogen and oxygen atoms in total. The standard InChI is InChI=1S/C14H8FNO3/c15-11-4-2-1-3-10(11)13(18)8-5-9(7-16)14(19)12(17)6-8/h1-6,17,19H. The topological polar surface area (TPSA) is 81.3 Å². The van der Waals surface area contributed by atoms with Crippen molar-refractivity contribution in [2.75, 3.05) is 0 Å². The number of hydrogen-bond donors (Lipinski definition) is 2. The first-order chi connectivity index (χ1) is 9.04. The summed E-state index contributed by atoms with van der Waals surface area (Å²) in [6, 6.07) is 9.12. The molecule has 0 spiro atoms. The number of carbonyl (C=O) groups excluding carboxylic acids is 1. The second kappa shape index (κ2) is 4.78. The first-order valence-electron chi connectivity index (χ1n) is 5.30. The van der Waals surface area contributed by atoms with Gasteiger partial charge in [0.05, 0.1) is 11.1 Å². The van der Waals surface area contributed by atoms with Crippen molar-refractivity contribution in [1.29, 1.82) is 5.26 Å². The van der Waals surface area contributed by atoms with Crippen LogP contribution in [0.2, 0.25) is 0 Å². The zero-order valence-corrected chi connectivity index (χ0v) is 9.59. The molecule has 2 N–H and O–H groups in total. The second-order valence-electron chi connectivity index (χ2n) is 3.81. The summed E-state index contributed by atoms with van der Waals surface area (Å²) in [5.41, 5.74) is -0.492. The molecule has 0 aliphatic carbocycles. The lowest BCUT2D eigenvalue weighted by Crippen LogP contribution is -2.04. The highest BCUT2D eigenvalue weighted by Crippen LogP contribution is 2.30. The Labute approximate surface area is 108 Å². The van der Waals surface area contributed by atoms with Crippen molar-refractivity contribution in [3.05, 3.63) is 58.9 Å². The molecule has 0 fully saturated rings. The van der Waals surface area contributed by atoms with Gasteiger partial charge >= 0.3 is 0 Å².